The van der Waals surface area contributed by atoms with Gasteiger partial charge in [-0.3, -0.25) is 0 Å². The Labute approximate surface area is 90.3 Å². The molecule has 68 valence electrons. The third-order valence-electron chi connectivity index (χ3n) is 1.67. The lowest BCUT2D eigenvalue weighted by Gasteiger charge is -1.95. The number of aryl methyl sites for hydroxylation is 2. The third-order valence-corrected chi connectivity index (χ3v) is 1.67. The summed E-state index contributed by atoms with van der Waals surface area (Å²) in [5.41, 5.74) is 1.29. The molecule has 3 heteroatoms. The molecule has 2 nitrogen and oxygen atoms in total. The second-order valence-corrected chi connectivity index (χ2v) is 2.70. The Hall–Kier alpha value is -0.160. The summed E-state index contributed by atoms with van der Waals surface area (Å²) in [7, 11) is 2.00. The number of aliphatic hydroxyl groups excluding tert-OH is 1. The van der Waals surface area contributed by atoms with E-state index in [1.807, 2.05) is 24.0 Å². The van der Waals surface area contributed by atoms with Crippen LogP contribution in [0.15, 0.2) is 24.5 Å². The lowest BCUT2D eigenvalue weighted by atomic mass is 10.1. The van der Waals surface area contributed by atoms with E-state index < -0.39 is 0 Å². The van der Waals surface area contributed by atoms with Gasteiger partial charge in [-0.25, -0.2) is 4.57 Å². The minimum atomic E-state index is 0. The van der Waals surface area contributed by atoms with E-state index in [0.717, 1.165) is 12.8 Å². The summed E-state index contributed by atoms with van der Waals surface area (Å²) in [6, 6.07) is 4.16. The first-order valence-electron chi connectivity index (χ1n) is 3.88. The van der Waals surface area contributed by atoms with Crippen LogP contribution in [0.25, 0.3) is 0 Å². The van der Waals surface area contributed by atoms with Gasteiger partial charge < -0.3 is 29.1 Å². The molecule has 0 fully saturated rings. The monoisotopic (exact) mass is 279 g/mol. The first kappa shape index (κ1) is 11.8. The highest BCUT2D eigenvalue weighted by Crippen LogP contribution is 1.98. The van der Waals surface area contributed by atoms with Gasteiger partial charge in [0.05, 0.1) is 0 Å². The molecular formula is C9H14INO. The molecule has 1 rings (SSSR count). The fraction of sp³-hybridized carbons (Fsp3) is 0.444. The van der Waals surface area contributed by atoms with Crippen molar-refractivity contribution in [2.24, 2.45) is 7.05 Å². The number of nitrogens with zero attached hydrogens (tertiary/aromatic N) is 1. The molecule has 0 unspecified atom stereocenters. The number of aromatic nitrogens is 1. The number of rotatable bonds is 3. The van der Waals surface area contributed by atoms with E-state index in [2.05, 4.69) is 12.1 Å². The van der Waals surface area contributed by atoms with Gasteiger partial charge in [-0.2, -0.15) is 0 Å². The van der Waals surface area contributed by atoms with Crippen molar-refractivity contribution in [2.75, 3.05) is 6.61 Å². The van der Waals surface area contributed by atoms with E-state index in [0.29, 0.717) is 0 Å². The Morgan fingerprint density at radius 3 is 2.42 bits per heavy atom. The summed E-state index contributed by atoms with van der Waals surface area (Å²) in [5, 5.41) is 8.58. The van der Waals surface area contributed by atoms with Gasteiger partial charge in [-0.15, -0.1) is 0 Å². The van der Waals surface area contributed by atoms with Crippen LogP contribution in [0.4, 0.5) is 0 Å². The summed E-state index contributed by atoms with van der Waals surface area (Å²) >= 11 is 0. The number of hydrogen-bond acceptors (Lipinski definition) is 1. The summed E-state index contributed by atoms with van der Waals surface area (Å²) < 4.78 is 2.00. The van der Waals surface area contributed by atoms with Crippen LogP contribution >= 0.6 is 0 Å². The quantitative estimate of drug-likeness (QED) is 0.478. The minimum Gasteiger partial charge on any atom is -1.00 e. The van der Waals surface area contributed by atoms with E-state index in [-0.39, 0.29) is 30.6 Å². The highest BCUT2D eigenvalue weighted by Gasteiger charge is 1.94. The first-order chi connectivity index (χ1) is 5.33. The Balaban J connectivity index is 0.00000121. The van der Waals surface area contributed by atoms with Crippen molar-refractivity contribution in [3.63, 3.8) is 0 Å². The predicted octanol–water partition coefficient (Wildman–Crippen LogP) is -2.56. The Morgan fingerprint density at radius 1 is 1.33 bits per heavy atom. The van der Waals surface area contributed by atoms with Gasteiger partial charge in [0.1, 0.15) is 7.05 Å². The van der Waals surface area contributed by atoms with Gasteiger partial charge in [0.2, 0.25) is 0 Å². The SMILES string of the molecule is C[n+]1ccc(CCCO)cc1.[I-]. The zero-order chi connectivity index (χ0) is 8.10. The average Bonchev–Trinajstić information content (AvgIpc) is 2.04. The van der Waals surface area contributed by atoms with Gasteiger partial charge in [0.15, 0.2) is 12.4 Å². The first-order valence-corrected chi connectivity index (χ1v) is 3.88. The molecular weight excluding hydrogens is 265 g/mol. The number of hydrogen-bond donors (Lipinski definition) is 1. The summed E-state index contributed by atoms with van der Waals surface area (Å²) in [6.07, 6.45) is 5.87. The molecule has 1 N–H and O–H groups in total. The summed E-state index contributed by atoms with van der Waals surface area (Å²) in [6.45, 7) is 0.279. The van der Waals surface area contributed by atoms with E-state index in [4.69, 9.17) is 5.11 Å². The molecule has 1 aromatic rings. The highest BCUT2D eigenvalue weighted by atomic mass is 127. The van der Waals surface area contributed by atoms with Crippen molar-refractivity contribution >= 4 is 0 Å². The van der Waals surface area contributed by atoms with Gasteiger partial charge >= 0.3 is 0 Å². The maximum absolute atomic E-state index is 8.58. The van der Waals surface area contributed by atoms with Crippen molar-refractivity contribution in [1.82, 2.24) is 0 Å². The van der Waals surface area contributed by atoms with Crippen LogP contribution in [0.1, 0.15) is 12.0 Å². The number of aliphatic hydroxyl groups is 1. The maximum atomic E-state index is 8.58. The molecule has 0 aliphatic carbocycles. The standard InChI is InChI=1S/C9H14NO.HI/c1-10-6-4-9(5-7-10)3-2-8-11;/h4-7,11H,2-3,8H2,1H3;1H/q+1;/p-1. The molecule has 12 heavy (non-hydrogen) atoms. The van der Waals surface area contributed by atoms with Gasteiger partial charge in [0.25, 0.3) is 0 Å². The molecule has 0 atom stereocenters. The zero-order valence-corrected chi connectivity index (χ0v) is 9.36. The lowest BCUT2D eigenvalue weighted by Crippen LogP contribution is -3.00. The van der Waals surface area contributed by atoms with Crippen LogP contribution in [0.3, 0.4) is 0 Å². The molecule has 0 saturated heterocycles. The van der Waals surface area contributed by atoms with E-state index in [1.165, 1.54) is 5.56 Å². The van der Waals surface area contributed by atoms with Gasteiger partial charge in [-0.1, -0.05) is 0 Å². The molecule has 0 saturated carbocycles. The maximum Gasteiger partial charge on any atom is 0.168 e. The molecule has 0 bridgehead atoms. The molecule has 0 aliphatic heterocycles. The molecule has 0 aromatic carbocycles. The van der Waals surface area contributed by atoms with E-state index in [9.17, 15) is 0 Å². The van der Waals surface area contributed by atoms with Gasteiger partial charge in [0, 0.05) is 18.7 Å². The summed E-state index contributed by atoms with van der Waals surface area (Å²) in [4.78, 5) is 0. The fourth-order valence-electron chi connectivity index (χ4n) is 0.982. The van der Waals surface area contributed by atoms with Crippen molar-refractivity contribution in [3.8, 4) is 0 Å². The van der Waals surface area contributed by atoms with Crippen LogP contribution in [0.2, 0.25) is 0 Å². The minimum absolute atomic E-state index is 0. The van der Waals surface area contributed by atoms with E-state index >= 15 is 0 Å². The topological polar surface area (TPSA) is 24.1 Å². The van der Waals surface area contributed by atoms with Crippen molar-refractivity contribution in [2.45, 2.75) is 12.8 Å². The molecule has 0 amide bonds. The van der Waals surface area contributed by atoms with Gasteiger partial charge in [-0.05, 0) is 18.4 Å². The van der Waals surface area contributed by atoms with Crippen LogP contribution < -0.4 is 28.5 Å². The average molecular weight is 279 g/mol. The lowest BCUT2D eigenvalue weighted by molar-refractivity contribution is -0.671. The Bertz CT molecular complexity index is 210. The molecule has 1 aromatic heterocycles. The third kappa shape index (κ3) is 4.01. The molecule has 0 aliphatic rings. The normalized spacial score (nSPS) is 9.17. The van der Waals surface area contributed by atoms with Crippen molar-refractivity contribution < 1.29 is 33.7 Å². The van der Waals surface area contributed by atoms with Crippen LogP contribution in [0.5, 0.6) is 0 Å². The van der Waals surface area contributed by atoms with Crippen LogP contribution in [-0.4, -0.2) is 11.7 Å². The van der Waals surface area contributed by atoms with Crippen molar-refractivity contribution in [3.05, 3.63) is 30.1 Å². The molecule has 0 spiro atoms. The second-order valence-electron chi connectivity index (χ2n) is 2.70. The highest BCUT2D eigenvalue weighted by molar-refractivity contribution is 5.06. The second kappa shape index (κ2) is 6.37. The number of halogens is 1. The van der Waals surface area contributed by atoms with Crippen molar-refractivity contribution in [1.29, 1.82) is 0 Å². The molecule has 1 heterocycles. The zero-order valence-electron chi connectivity index (χ0n) is 7.20. The largest absolute Gasteiger partial charge is 1.00 e. The summed E-state index contributed by atoms with van der Waals surface area (Å²) in [5.74, 6) is 0. The fourth-order valence-corrected chi connectivity index (χ4v) is 0.982. The smallest absolute Gasteiger partial charge is 0.168 e. The number of pyridine rings is 1. The Kier molecular flexibility index (Phi) is 6.28. The van der Waals surface area contributed by atoms with E-state index in [1.54, 1.807) is 0 Å². The van der Waals surface area contributed by atoms with Crippen LogP contribution in [-0.2, 0) is 13.5 Å². The van der Waals surface area contributed by atoms with Crippen LogP contribution in [0, 0.1) is 0 Å². The molecule has 0 radical (unpaired) electrons. The Morgan fingerprint density at radius 2 is 1.92 bits per heavy atom. The predicted molar refractivity (Wildman–Crippen MR) is 43.0 cm³/mol.